The second-order valence-corrected chi connectivity index (χ2v) is 3.97. The van der Waals surface area contributed by atoms with Crippen LogP contribution in [0.15, 0.2) is 10.7 Å². The summed E-state index contributed by atoms with van der Waals surface area (Å²) in [6, 6.07) is 0.337. The van der Waals surface area contributed by atoms with E-state index in [0.717, 1.165) is 17.4 Å². The molecule has 1 unspecified atom stereocenters. The van der Waals surface area contributed by atoms with E-state index in [-0.39, 0.29) is 0 Å². The standard InChI is InChI=1S/C9H16BrN3/c1-4-5-13-9(7(2)11-3)8(10)6-12-13/h6-7,11H,4-5H2,1-3H3. The van der Waals surface area contributed by atoms with Gasteiger partial charge in [0.05, 0.1) is 16.4 Å². The van der Waals surface area contributed by atoms with Crippen LogP contribution >= 0.6 is 15.9 Å². The minimum Gasteiger partial charge on any atom is -0.312 e. The van der Waals surface area contributed by atoms with E-state index in [2.05, 4.69) is 40.2 Å². The van der Waals surface area contributed by atoms with Gasteiger partial charge in [0.1, 0.15) is 0 Å². The largest absolute Gasteiger partial charge is 0.312 e. The molecule has 0 aliphatic carbocycles. The summed E-state index contributed by atoms with van der Waals surface area (Å²) in [5, 5.41) is 7.52. The first-order chi connectivity index (χ1) is 6.20. The van der Waals surface area contributed by atoms with Crippen LogP contribution in [0.25, 0.3) is 0 Å². The monoisotopic (exact) mass is 245 g/mol. The zero-order valence-corrected chi connectivity index (χ0v) is 9.93. The van der Waals surface area contributed by atoms with E-state index in [1.54, 1.807) is 0 Å². The fourth-order valence-electron chi connectivity index (χ4n) is 1.33. The number of halogens is 1. The van der Waals surface area contributed by atoms with E-state index in [1.165, 1.54) is 5.69 Å². The third-order valence-electron chi connectivity index (χ3n) is 2.11. The Balaban J connectivity index is 2.93. The van der Waals surface area contributed by atoms with Crippen molar-refractivity contribution in [1.29, 1.82) is 0 Å². The Morgan fingerprint density at radius 1 is 1.69 bits per heavy atom. The molecule has 1 atom stereocenters. The van der Waals surface area contributed by atoms with Crippen molar-refractivity contribution in [2.45, 2.75) is 32.9 Å². The Morgan fingerprint density at radius 2 is 2.38 bits per heavy atom. The van der Waals surface area contributed by atoms with Crippen LogP contribution in [0.5, 0.6) is 0 Å². The van der Waals surface area contributed by atoms with Crippen molar-refractivity contribution in [1.82, 2.24) is 15.1 Å². The number of aryl methyl sites for hydroxylation is 1. The fourth-order valence-corrected chi connectivity index (χ4v) is 1.97. The van der Waals surface area contributed by atoms with Crippen molar-refractivity contribution in [3.8, 4) is 0 Å². The van der Waals surface area contributed by atoms with Gasteiger partial charge in [-0.15, -0.1) is 0 Å². The highest BCUT2D eigenvalue weighted by Gasteiger charge is 2.13. The molecule has 1 aromatic rings. The summed E-state index contributed by atoms with van der Waals surface area (Å²) in [5.74, 6) is 0. The molecule has 0 bridgehead atoms. The number of hydrogen-bond donors (Lipinski definition) is 1. The molecular weight excluding hydrogens is 230 g/mol. The summed E-state index contributed by atoms with van der Waals surface area (Å²) < 4.78 is 3.13. The van der Waals surface area contributed by atoms with Crippen molar-refractivity contribution in [3.05, 3.63) is 16.4 Å². The maximum Gasteiger partial charge on any atom is 0.0692 e. The lowest BCUT2D eigenvalue weighted by molar-refractivity contribution is 0.519. The Kier molecular flexibility index (Phi) is 3.93. The highest BCUT2D eigenvalue weighted by atomic mass is 79.9. The minimum atomic E-state index is 0.337. The van der Waals surface area contributed by atoms with Crippen LogP contribution in [0.4, 0.5) is 0 Å². The topological polar surface area (TPSA) is 29.9 Å². The highest BCUT2D eigenvalue weighted by Crippen LogP contribution is 2.22. The Bertz CT molecular complexity index is 270. The summed E-state index contributed by atoms with van der Waals surface area (Å²) in [6.45, 7) is 5.27. The molecule has 1 heterocycles. The molecule has 0 saturated carbocycles. The van der Waals surface area contributed by atoms with Gasteiger partial charge in [-0.25, -0.2) is 0 Å². The zero-order valence-electron chi connectivity index (χ0n) is 8.34. The molecule has 0 saturated heterocycles. The maximum absolute atomic E-state index is 4.30. The molecule has 0 aliphatic heterocycles. The van der Waals surface area contributed by atoms with E-state index in [1.807, 2.05) is 17.9 Å². The summed E-state index contributed by atoms with van der Waals surface area (Å²) >= 11 is 3.51. The summed E-state index contributed by atoms with van der Waals surface area (Å²) in [6.07, 6.45) is 2.97. The molecule has 0 aliphatic rings. The van der Waals surface area contributed by atoms with E-state index >= 15 is 0 Å². The van der Waals surface area contributed by atoms with Gasteiger partial charge in [-0.05, 0) is 36.3 Å². The van der Waals surface area contributed by atoms with Gasteiger partial charge >= 0.3 is 0 Å². The van der Waals surface area contributed by atoms with Gasteiger partial charge in [0.15, 0.2) is 0 Å². The number of hydrogen-bond acceptors (Lipinski definition) is 2. The van der Waals surface area contributed by atoms with Gasteiger partial charge in [-0.2, -0.15) is 5.10 Å². The van der Waals surface area contributed by atoms with Gasteiger partial charge in [0.2, 0.25) is 0 Å². The van der Waals surface area contributed by atoms with Crippen LogP contribution in [0, 0.1) is 0 Å². The third-order valence-corrected chi connectivity index (χ3v) is 2.72. The van der Waals surface area contributed by atoms with E-state index in [4.69, 9.17) is 0 Å². The molecule has 13 heavy (non-hydrogen) atoms. The number of nitrogens with zero attached hydrogens (tertiary/aromatic N) is 2. The predicted molar refractivity (Wildman–Crippen MR) is 57.7 cm³/mol. The summed E-state index contributed by atoms with van der Waals surface area (Å²) in [4.78, 5) is 0. The molecule has 0 spiro atoms. The first kappa shape index (κ1) is 10.7. The summed E-state index contributed by atoms with van der Waals surface area (Å²) in [7, 11) is 1.96. The van der Waals surface area contributed by atoms with Crippen molar-refractivity contribution in [2.24, 2.45) is 0 Å². The van der Waals surface area contributed by atoms with Gasteiger partial charge in [0.25, 0.3) is 0 Å². The Hall–Kier alpha value is -0.350. The van der Waals surface area contributed by atoms with Crippen LogP contribution in [0.3, 0.4) is 0 Å². The molecule has 4 heteroatoms. The second kappa shape index (κ2) is 4.77. The van der Waals surface area contributed by atoms with Crippen molar-refractivity contribution >= 4 is 15.9 Å². The lowest BCUT2D eigenvalue weighted by Gasteiger charge is -2.13. The van der Waals surface area contributed by atoms with Crippen LogP contribution in [-0.4, -0.2) is 16.8 Å². The molecule has 0 amide bonds. The van der Waals surface area contributed by atoms with Crippen LogP contribution < -0.4 is 5.32 Å². The molecule has 1 aromatic heterocycles. The van der Waals surface area contributed by atoms with Crippen molar-refractivity contribution in [2.75, 3.05) is 7.05 Å². The normalized spacial score (nSPS) is 13.2. The van der Waals surface area contributed by atoms with Gasteiger partial charge in [0, 0.05) is 12.6 Å². The van der Waals surface area contributed by atoms with Gasteiger partial charge < -0.3 is 5.32 Å². The molecular formula is C9H16BrN3. The SMILES string of the molecule is CCCn1ncc(Br)c1C(C)NC. The average Bonchev–Trinajstić information content (AvgIpc) is 2.47. The fraction of sp³-hybridized carbons (Fsp3) is 0.667. The van der Waals surface area contributed by atoms with E-state index < -0.39 is 0 Å². The second-order valence-electron chi connectivity index (χ2n) is 3.11. The smallest absolute Gasteiger partial charge is 0.0692 e. The average molecular weight is 246 g/mol. The van der Waals surface area contributed by atoms with Crippen LogP contribution in [0.2, 0.25) is 0 Å². The molecule has 74 valence electrons. The quantitative estimate of drug-likeness (QED) is 0.883. The van der Waals surface area contributed by atoms with Crippen molar-refractivity contribution < 1.29 is 0 Å². The Morgan fingerprint density at radius 3 is 2.92 bits per heavy atom. The van der Waals surface area contributed by atoms with Crippen molar-refractivity contribution in [3.63, 3.8) is 0 Å². The first-order valence-corrected chi connectivity index (χ1v) is 5.38. The molecule has 1 rings (SSSR count). The molecule has 0 radical (unpaired) electrons. The first-order valence-electron chi connectivity index (χ1n) is 4.59. The summed E-state index contributed by atoms with van der Waals surface area (Å²) in [5.41, 5.74) is 1.23. The maximum atomic E-state index is 4.30. The van der Waals surface area contributed by atoms with E-state index in [0.29, 0.717) is 6.04 Å². The third kappa shape index (κ3) is 2.31. The number of nitrogens with one attached hydrogen (secondary N) is 1. The highest BCUT2D eigenvalue weighted by molar-refractivity contribution is 9.10. The molecule has 1 N–H and O–H groups in total. The van der Waals surface area contributed by atoms with Gasteiger partial charge in [-0.3, -0.25) is 4.68 Å². The molecule has 0 aromatic carbocycles. The molecule has 0 fully saturated rings. The van der Waals surface area contributed by atoms with E-state index in [9.17, 15) is 0 Å². The number of rotatable bonds is 4. The lowest BCUT2D eigenvalue weighted by atomic mass is 10.2. The zero-order chi connectivity index (χ0) is 9.84. The number of aromatic nitrogens is 2. The minimum absolute atomic E-state index is 0.337. The molecule has 3 nitrogen and oxygen atoms in total. The van der Waals surface area contributed by atoms with Crippen LogP contribution in [0.1, 0.15) is 32.0 Å². The Labute approximate surface area is 87.6 Å². The van der Waals surface area contributed by atoms with Gasteiger partial charge in [-0.1, -0.05) is 6.92 Å². The van der Waals surface area contributed by atoms with Crippen LogP contribution in [-0.2, 0) is 6.54 Å². The predicted octanol–water partition coefficient (Wildman–Crippen LogP) is 2.34. The lowest BCUT2D eigenvalue weighted by Crippen LogP contribution is -2.18.